The smallest absolute Gasteiger partial charge is 0.417 e. The number of nitrogens with zero attached hydrogens (tertiary/aromatic N) is 2. The fraction of sp³-hybridized carbons (Fsp3) is 0.217. The van der Waals surface area contributed by atoms with E-state index >= 15 is 0 Å². The molecular formula is C23H17ClF4N2O4S. The summed E-state index contributed by atoms with van der Waals surface area (Å²) in [4.78, 5) is 16.8. The number of anilines is 1. The van der Waals surface area contributed by atoms with Crippen LogP contribution in [0.4, 0.5) is 23.2 Å². The van der Waals surface area contributed by atoms with Gasteiger partial charge in [-0.15, -0.1) is 0 Å². The molecule has 1 aliphatic heterocycles. The van der Waals surface area contributed by atoms with Gasteiger partial charge in [-0.2, -0.15) is 13.2 Å². The summed E-state index contributed by atoms with van der Waals surface area (Å²) in [5, 5.41) is -0.354. The van der Waals surface area contributed by atoms with Crippen LogP contribution >= 0.6 is 11.6 Å². The number of fused-ring (bicyclic) bond motifs is 1. The molecule has 0 N–H and O–H groups in total. The number of carbonyl (C=O) groups excluding carboxylic acids is 1. The zero-order valence-corrected chi connectivity index (χ0v) is 19.6. The Morgan fingerprint density at radius 2 is 1.89 bits per heavy atom. The molecular weight excluding hydrogens is 512 g/mol. The van der Waals surface area contributed by atoms with Crippen molar-refractivity contribution in [2.45, 2.75) is 30.5 Å². The van der Waals surface area contributed by atoms with E-state index in [0.717, 1.165) is 40.7 Å². The van der Waals surface area contributed by atoms with Gasteiger partial charge in [0.2, 0.25) is 5.88 Å². The molecule has 0 fully saturated rings. The molecule has 4 rings (SSSR count). The van der Waals surface area contributed by atoms with E-state index < -0.39 is 51.4 Å². The minimum atomic E-state index is -4.80. The summed E-state index contributed by atoms with van der Waals surface area (Å²) in [6.45, 7) is 1.56. The maximum absolute atomic E-state index is 13.4. The van der Waals surface area contributed by atoms with E-state index in [2.05, 4.69) is 4.98 Å². The normalized spacial score (nSPS) is 15.9. The lowest BCUT2D eigenvalue weighted by atomic mass is 9.98. The average molecular weight is 529 g/mol. The molecule has 1 aromatic heterocycles. The van der Waals surface area contributed by atoms with Gasteiger partial charge in [0.15, 0.2) is 5.78 Å². The van der Waals surface area contributed by atoms with Gasteiger partial charge in [0.05, 0.1) is 21.5 Å². The van der Waals surface area contributed by atoms with Crippen molar-refractivity contribution in [2.75, 3.05) is 10.9 Å². The zero-order valence-electron chi connectivity index (χ0n) is 18.0. The number of hydrogen-bond donors (Lipinski definition) is 0. The molecule has 0 radical (unpaired) electrons. The molecule has 3 aromatic rings. The lowest BCUT2D eigenvalue weighted by molar-refractivity contribution is -0.137. The summed E-state index contributed by atoms with van der Waals surface area (Å²) in [7, 11) is -4.18. The van der Waals surface area contributed by atoms with Gasteiger partial charge < -0.3 is 4.74 Å². The van der Waals surface area contributed by atoms with E-state index in [1.54, 1.807) is 6.92 Å². The van der Waals surface area contributed by atoms with Crippen LogP contribution in [0.15, 0.2) is 59.6 Å². The molecule has 184 valence electrons. The van der Waals surface area contributed by atoms with Gasteiger partial charge in [0.25, 0.3) is 10.0 Å². The van der Waals surface area contributed by atoms with Gasteiger partial charge in [0, 0.05) is 18.2 Å². The summed E-state index contributed by atoms with van der Waals surface area (Å²) in [6, 6.07) is 7.92. The van der Waals surface area contributed by atoms with Gasteiger partial charge >= 0.3 is 6.18 Å². The number of pyridine rings is 1. The summed E-state index contributed by atoms with van der Waals surface area (Å²) >= 11 is 5.92. The Bertz CT molecular complexity index is 1400. The Morgan fingerprint density at radius 3 is 2.54 bits per heavy atom. The van der Waals surface area contributed by atoms with Crippen molar-refractivity contribution < 1.29 is 35.5 Å². The molecule has 0 amide bonds. The third-order valence-electron chi connectivity index (χ3n) is 5.32. The number of benzene rings is 2. The number of halogens is 5. The van der Waals surface area contributed by atoms with Crippen molar-refractivity contribution in [3.8, 4) is 5.88 Å². The lowest BCUT2D eigenvalue weighted by Gasteiger charge is -2.35. The highest BCUT2D eigenvalue weighted by Crippen LogP contribution is 2.38. The molecule has 0 saturated heterocycles. The van der Waals surface area contributed by atoms with Crippen LogP contribution in [0.2, 0.25) is 5.02 Å². The number of aromatic nitrogens is 1. The maximum Gasteiger partial charge on any atom is 0.417 e. The highest BCUT2D eigenvalue weighted by Gasteiger charge is 2.38. The first kappa shape index (κ1) is 24.9. The fourth-order valence-electron chi connectivity index (χ4n) is 3.76. The molecule has 12 heteroatoms. The fourth-order valence-corrected chi connectivity index (χ4v) is 5.67. The molecule has 0 aliphatic carbocycles. The molecule has 2 heterocycles. The first-order chi connectivity index (χ1) is 16.4. The van der Waals surface area contributed by atoms with Crippen LogP contribution in [-0.2, 0) is 22.6 Å². The molecule has 2 aromatic carbocycles. The van der Waals surface area contributed by atoms with Crippen molar-refractivity contribution in [3.63, 3.8) is 0 Å². The first-order valence-corrected chi connectivity index (χ1v) is 12.0. The SMILES string of the molecule is CC1COc2ncc(CC(=O)c3c(Cl)cccc3C(F)(F)F)cc2N1S(=O)(=O)c1ccc(F)cc1. The Balaban J connectivity index is 1.73. The van der Waals surface area contributed by atoms with Crippen molar-refractivity contribution in [3.05, 3.63) is 82.3 Å². The van der Waals surface area contributed by atoms with Gasteiger partial charge in [-0.3, -0.25) is 9.10 Å². The molecule has 0 spiro atoms. The number of ketones is 1. The van der Waals surface area contributed by atoms with Crippen molar-refractivity contribution in [1.29, 1.82) is 0 Å². The Labute approximate surface area is 203 Å². The zero-order chi connectivity index (χ0) is 25.5. The molecule has 0 bridgehead atoms. The minimum absolute atomic E-state index is 0.00794. The second kappa shape index (κ2) is 9.12. The Hall–Kier alpha value is -3.18. The Morgan fingerprint density at radius 1 is 1.20 bits per heavy atom. The third kappa shape index (κ3) is 4.83. The standard InChI is InChI=1S/C23H17ClF4N2O4S/c1-13-12-34-22-19(30(13)35(32,33)16-7-5-15(25)6-8-16)9-14(11-29-22)10-20(31)21-17(23(26,27)28)3-2-4-18(21)24/h2-9,11,13H,10,12H2,1H3. The van der Waals surface area contributed by atoms with E-state index in [0.29, 0.717) is 0 Å². The van der Waals surface area contributed by atoms with Gasteiger partial charge in [-0.25, -0.2) is 17.8 Å². The number of alkyl halides is 3. The van der Waals surface area contributed by atoms with Gasteiger partial charge in [0.1, 0.15) is 18.1 Å². The predicted molar refractivity (Wildman–Crippen MR) is 120 cm³/mol. The molecule has 0 saturated carbocycles. The summed E-state index contributed by atoms with van der Waals surface area (Å²) in [5.74, 6) is -1.55. The number of ether oxygens (including phenoxy) is 1. The van der Waals surface area contributed by atoms with Crippen LogP contribution in [0.3, 0.4) is 0 Å². The van der Waals surface area contributed by atoms with Crippen molar-refractivity contribution in [2.24, 2.45) is 0 Å². The van der Waals surface area contributed by atoms with Crippen molar-refractivity contribution >= 4 is 33.1 Å². The van der Waals surface area contributed by atoms with Crippen LogP contribution < -0.4 is 9.04 Å². The maximum atomic E-state index is 13.4. The number of hydrogen-bond acceptors (Lipinski definition) is 5. The highest BCUT2D eigenvalue weighted by molar-refractivity contribution is 7.92. The number of sulfonamides is 1. The minimum Gasteiger partial charge on any atom is -0.474 e. The van der Waals surface area contributed by atoms with Crippen molar-refractivity contribution in [1.82, 2.24) is 4.98 Å². The summed E-state index contributed by atoms with van der Waals surface area (Å²) < 4.78 is 86.8. The molecule has 35 heavy (non-hydrogen) atoms. The highest BCUT2D eigenvalue weighted by atomic mass is 35.5. The van der Waals surface area contributed by atoms with Crippen LogP contribution in [-0.4, -0.2) is 31.8 Å². The molecule has 1 aliphatic rings. The topological polar surface area (TPSA) is 76.6 Å². The molecule has 6 nitrogen and oxygen atoms in total. The van der Waals surface area contributed by atoms with Crippen LogP contribution in [0.1, 0.15) is 28.4 Å². The lowest BCUT2D eigenvalue weighted by Crippen LogP contribution is -2.45. The van der Waals surface area contributed by atoms with E-state index in [1.165, 1.54) is 18.3 Å². The quantitative estimate of drug-likeness (QED) is 0.332. The van der Waals surface area contributed by atoms with E-state index in [9.17, 15) is 30.8 Å². The molecule has 1 unspecified atom stereocenters. The monoisotopic (exact) mass is 528 g/mol. The van der Waals surface area contributed by atoms with Crippen LogP contribution in [0, 0.1) is 5.82 Å². The van der Waals surface area contributed by atoms with E-state index in [4.69, 9.17) is 16.3 Å². The van der Waals surface area contributed by atoms with Gasteiger partial charge in [-0.1, -0.05) is 17.7 Å². The second-order valence-electron chi connectivity index (χ2n) is 7.84. The number of rotatable bonds is 5. The van der Waals surface area contributed by atoms with Crippen LogP contribution in [0.5, 0.6) is 5.88 Å². The van der Waals surface area contributed by atoms with Gasteiger partial charge in [-0.05, 0) is 55.0 Å². The first-order valence-electron chi connectivity index (χ1n) is 10.2. The average Bonchev–Trinajstić information content (AvgIpc) is 2.78. The number of carbonyl (C=O) groups is 1. The summed E-state index contributed by atoms with van der Waals surface area (Å²) in [6.07, 6.45) is -4.10. The predicted octanol–water partition coefficient (Wildman–Crippen LogP) is 5.29. The van der Waals surface area contributed by atoms with E-state index in [1.807, 2.05) is 0 Å². The van der Waals surface area contributed by atoms with E-state index in [-0.39, 0.29) is 33.7 Å². The number of Topliss-reactive ketones (excluding diaryl/α,β-unsaturated/α-hetero) is 1. The van der Waals surface area contributed by atoms with Crippen LogP contribution in [0.25, 0.3) is 0 Å². The third-order valence-corrected chi connectivity index (χ3v) is 7.58. The second-order valence-corrected chi connectivity index (χ2v) is 10.1. The Kier molecular flexibility index (Phi) is 6.50. The largest absolute Gasteiger partial charge is 0.474 e. The summed E-state index contributed by atoms with van der Waals surface area (Å²) in [5.41, 5.74) is -1.69. The molecule has 1 atom stereocenters.